The van der Waals surface area contributed by atoms with Crippen LogP contribution in [0.15, 0.2) is 24.7 Å². The molecule has 2 aromatic rings. The molecule has 25 heavy (non-hydrogen) atoms. The molecule has 4 heterocycles. The van der Waals surface area contributed by atoms with E-state index in [1.807, 2.05) is 43.9 Å². The Morgan fingerprint density at radius 1 is 1.20 bits per heavy atom. The van der Waals surface area contributed by atoms with Crippen LogP contribution < -0.4 is 4.90 Å². The smallest absolute Gasteiger partial charge is 0.343 e. The summed E-state index contributed by atoms with van der Waals surface area (Å²) in [6.07, 6.45) is 5.55. The minimum atomic E-state index is -0.601. The Hall–Kier alpha value is -2.41. The van der Waals surface area contributed by atoms with Gasteiger partial charge in [0.25, 0.3) is 0 Å². The first-order chi connectivity index (χ1) is 11.9. The Kier molecular flexibility index (Phi) is 3.57. The van der Waals surface area contributed by atoms with Gasteiger partial charge < -0.3 is 14.2 Å². The number of aromatic nitrogens is 3. The number of cyclic esters (lactones) is 1. The summed E-state index contributed by atoms with van der Waals surface area (Å²) in [5.74, 6) is 1.46. The van der Waals surface area contributed by atoms with Crippen molar-refractivity contribution in [3.05, 3.63) is 41.6 Å². The van der Waals surface area contributed by atoms with E-state index in [9.17, 15) is 4.79 Å². The molecule has 132 valence electrons. The lowest BCUT2D eigenvalue weighted by Crippen LogP contribution is -2.48. The summed E-state index contributed by atoms with van der Waals surface area (Å²) < 4.78 is 7.60. The SMILES string of the molecule is CN1CCN(c2nccc3c2C(=O)OC3(C)C)CC1c1nccn1C. The molecule has 1 atom stereocenters. The highest BCUT2D eigenvalue weighted by atomic mass is 16.6. The molecule has 0 aliphatic carbocycles. The van der Waals surface area contributed by atoms with Gasteiger partial charge in [-0.3, -0.25) is 4.90 Å². The quantitative estimate of drug-likeness (QED) is 0.775. The first kappa shape index (κ1) is 16.1. The van der Waals surface area contributed by atoms with E-state index in [-0.39, 0.29) is 12.0 Å². The Morgan fingerprint density at radius 3 is 2.72 bits per heavy atom. The van der Waals surface area contributed by atoms with Crippen LogP contribution in [0.5, 0.6) is 0 Å². The summed E-state index contributed by atoms with van der Waals surface area (Å²) in [5.41, 5.74) is 0.918. The van der Waals surface area contributed by atoms with Crippen LogP contribution in [-0.4, -0.2) is 52.1 Å². The number of aryl methyl sites for hydroxylation is 1. The van der Waals surface area contributed by atoms with E-state index in [0.717, 1.165) is 36.8 Å². The molecule has 7 heteroatoms. The molecule has 2 aromatic heterocycles. The fourth-order valence-corrected chi connectivity index (χ4v) is 3.77. The molecule has 1 fully saturated rings. The average Bonchev–Trinajstić information content (AvgIpc) is 3.09. The van der Waals surface area contributed by atoms with Gasteiger partial charge >= 0.3 is 5.97 Å². The number of piperazine rings is 1. The highest BCUT2D eigenvalue weighted by molar-refractivity contribution is 5.99. The predicted octanol–water partition coefficient (Wildman–Crippen LogP) is 1.71. The first-order valence-corrected chi connectivity index (χ1v) is 8.53. The zero-order valence-corrected chi connectivity index (χ0v) is 15.1. The number of fused-ring (bicyclic) bond motifs is 1. The van der Waals surface area contributed by atoms with Crippen LogP contribution in [0.4, 0.5) is 5.82 Å². The largest absolute Gasteiger partial charge is 0.451 e. The van der Waals surface area contributed by atoms with Crippen molar-refractivity contribution >= 4 is 11.8 Å². The second-order valence-electron chi connectivity index (χ2n) is 7.30. The molecule has 0 aromatic carbocycles. The van der Waals surface area contributed by atoms with Crippen LogP contribution in [-0.2, 0) is 17.4 Å². The number of nitrogens with zero attached hydrogens (tertiary/aromatic N) is 5. The fourth-order valence-electron chi connectivity index (χ4n) is 3.77. The Bertz CT molecular complexity index is 829. The number of hydrogen-bond donors (Lipinski definition) is 0. The minimum Gasteiger partial charge on any atom is -0.451 e. The van der Waals surface area contributed by atoms with Gasteiger partial charge in [-0.05, 0) is 27.0 Å². The van der Waals surface area contributed by atoms with Crippen molar-refractivity contribution in [2.75, 3.05) is 31.6 Å². The van der Waals surface area contributed by atoms with E-state index in [2.05, 4.69) is 26.8 Å². The van der Waals surface area contributed by atoms with Crippen molar-refractivity contribution in [1.82, 2.24) is 19.4 Å². The van der Waals surface area contributed by atoms with Crippen LogP contribution in [0.1, 0.15) is 41.6 Å². The predicted molar refractivity (Wildman–Crippen MR) is 93.5 cm³/mol. The highest BCUT2D eigenvalue weighted by Crippen LogP contribution is 2.40. The molecule has 0 bridgehead atoms. The minimum absolute atomic E-state index is 0.150. The van der Waals surface area contributed by atoms with Gasteiger partial charge in [0.05, 0.1) is 6.04 Å². The van der Waals surface area contributed by atoms with Gasteiger partial charge in [-0.2, -0.15) is 0 Å². The van der Waals surface area contributed by atoms with Gasteiger partial charge in [0, 0.05) is 50.8 Å². The standard InChI is InChI=1S/C18H23N5O2/c1-18(2)12-5-6-19-16(14(12)17(24)25-18)23-10-9-21(3)13(11-23)15-20-7-8-22(15)4/h5-8,13H,9-11H2,1-4H3. The van der Waals surface area contributed by atoms with E-state index in [4.69, 9.17) is 4.74 Å². The van der Waals surface area contributed by atoms with E-state index in [1.54, 1.807) is 6.20 Å². The monoisotopic (exact) mass is 341 g/mol. The van der Waals surface area contributed by atoms with Crippen LogP contribution in [0.2, 0.25) is 0 Å². The molecular formula is C18H23N5O2. The molecule has 7 nitrogen and oxygen atoms in total. The van der Waals surface area contributed by atoms with Crippen molar-refractivity contribution in [3.8, 4) is 0 Å². The highest BCUT2D eigenvalue weighted by Gasteiger charge is 2.42. The third kappa shape index (κ3) is 2.50. The number of hydrogen-bond acceptors (Lipinski definition) is 6. The number of imidazole rings is 1. The molecule has 2 aliphatic rings. The number of anilines is 1. The number of likely N-dealkylation sites (N-methyl/N-ethyl adjacent to an activating group) is 1. The van der Waals surface area contributed by atoms with Gasteiger partial charge in [0.1, 0.15) is 22.8 Å². The normalized spacial score (nSPS) is 22.8. The Balaban J connectivity index is 1.71. The second kappa shape index (κ2) is 5.56. The van der Waals surface area contributed by atoms with Crippen LogP contribution in [0.3, 0.4) is 0 Å². The van der Waals surface area contributed by atoms with Crippen molar-refractivity contribution in [2.24, 2.45) is 7.05 Å². The lowest BCUT2D eigenvalue weighted by Gasteiger charge is -2.39. The molecule has 1 unspecified atom stereocenters. The Morgan fingerprint density at radius 2 is 2.00 bits per heavy atom. The summed E-state index contributed by atoms with van der Waals surface area (Å²) in [7, 11) is 4.12. The van der Waals surface area contributed by atoms with Gasteiger partial charge in [-0.1, -0.05) is 0 Å². The number of pyridine rings is 1. The molecule has 0 N–H and O–H groups in total. The molecule has 0 amide bonds. The van der Waals surface area contributed by atoms with Crippen LogP contribution >= 0.6 is 0 Å². The van der Waals surface area contributed by atoms with E-state index in [1.165, 1.54) is 0 Å². The fraction of sp³-hybridized carbons (Fsp3) is 0.500. The molecular weight excluding hydrogens is 318 g/mol. The van der Waals surface area contributed by atoms with Crippen molar-refractivity contribution in [2.45, 2.75) is 25.5 Å². The van der Waals surface area contributed by atoms with Crippen molar-refractivity contribution in [3.63, 3.8) is 0 Å². The van der Waals surface area contributed by atoms with Gasteiger partial charge in [0.15, 0.2) is 0 Å². The molecule has 0 spiro atoms. The maximum absolute atomic E-state index is 12.5. The third-order valence-electron chi connectivity index (χ3n) is 5.24. The van der Waals surface area contributed by atoms with E-state index < -0.39 is 5.60 Å². The number of carbonyl (C=O) groups excluding carboxylic acids is 1. The second-order valence-corrected chi connectivity index (χ2v) is 7.30. The zero-order chi connectivity index (χ0) is 17.8. The summed E-state index contributed by atoms with van der Waals surface area (Å²) in [5, 5.41) is 0. The molecule has 0 saturated carbocycles. The van der Waals surface area contributed by atoms with Gasteiger partial charge in [-0.25, -0.2) is 14.8 Å². The average molecular weight is 341 g/mol. The number of carbonyl (C=O) groups is 1. The lowest BCUT2D eigenvalue weighted by atomic mass is 9.97. The summed E-state index contributed by atoms with van der Waals surface area (Å²) in [6, 6.07) is 2.03. The molecule has 1 saturated heterocycles. The summed E-state index contributed by atoms with van der Waals surface area (Å²) >= 11 is 0. The number of ether oxygens (including phenoxy) is 1. The maximum atomic E-state index is 12.5. The summed E-state index contributed by atoms with van der Waals surface area (Å²) in [4.78, 5) is 26.0. The maximum Gasteiger partial charge on any atom is 0.343 e. The first-order valence-electron chi connectivity index (χ1n) is 8.53. The molecule has 0 radical (unpaired) electrons. The van der Waals surface area contributed by atoms with Crippen molar-refractivity contribution in [1.29, 1.82) is 0 Å². The third-order valence-corrected chi connectivity index (χ3v) is 5.24. The zero-order valence-electron chi connectivity index (χ0n) is 15.1. The summed E-state index contributed by atoms with van der Waals surface area (Å²) in [6.45, 7) is 6.26. The molecule has 4 rings (SSSR count). The van der Waals surface area contributed by atoms with Crippen LogP contribution in [0, 0.1) is 0 Å². The lowest BCUT2D eigenvalue weighted by molar-refractivity contribution is 0.00956. The topological polar surface area (TPSA) is 63.5 Å². The van der Waals surface area contributed by atoms with Gasteiger partial charge in [-0.15, -0.1) is 0 Å². The van der Waals surface area contributed by atoms with E-state index >= 15 is 0 Å². The van der Waals surface area contributed by atoms with Gasteiger partial charge in [0.2, 0.25) is 0 Å². The van der Waals surface area contributed by atoms with Crippen molar-refractivity contribution < 1.29 is 9.53 Å². The number of esters is 1. The van der Waals surface area contributed by atoms with Crippen LogP contribution in [0.25, 0.3) is 0 Å². The molecule has 2 aliphatic heterocycles. The Labute approximate surface area is 147 Å². The van der Waals surface area contributed by atoms with E-state index in [0.29, 0.717) is 5.56 Å². The number of rotatable bonds is 2.